The summed E-state index contributed by atoms with van der Waals surface area (Å²) in [6, 6.07) is 5.60. The second-order valence-corrected chi connectivity index (χ2v) is 4.43. The topological polar surface area (TPSA) is 47.3 Å². The van der Waals surface area contributed by atoms with Crippen LogP contribution in [0.1, 0.15) is 24.3 Å². The van der Waals surface area contributed by atoms with Crippen LogP contribution in [0, 0.1) is 5.82 Å². The SMILES string of the molecule is COc1ccc(C2CCNC2CCN)cc1F. The molecule has 3 N–H and O–H groups in total. The molecular formula is C13H19FN2O. The summed E-state index contributed by atoms with van der Waals surface area (Å²) >= 11 is 0. The Balaban J connectivity index is 2.18. The fraction of sp³-hybridized carbons (Fsp3) is 0.538. The molecule has 0 amide bonds. The number of rotatable bonds is 4. The molecule has 1 aliphatic heterocycles. The van der Waals surface area contributed by atoms with Crippen molar-refractivity contribution in [2.45, 2.75) is 24.8 Å². The predicted octanol–water partition coefficient (Wildman–Crippen LogP) is 1.63. The number of hydrogen-bond donors (Lipinski definition) is 2. The number of methoxy groups -OCH3 is 1. The molecule has 1 heterocycles. The van der Waals surface area contributed by atoms with Gasteiger partial charge in [-0.1, -0.05) is 6.07 Å². The van der Waals surface area contributed by atoms with Gasteiger partial charge in [-0.15, -0.1) is 0 Å². The largest absolute Gasteiger partial charge is 0.494 e. The molecule has 4 heteroatoms. The van der Waals surface area contributed by atoms with E-state index in [0.717, 1.165) is 24.9 Å². The van der Waals surface area contributed by atoms with Crippen LogP contribution in [0.25, 0.3) is 0 Å². The molecule has 0 radical (unpaired) electrons. The van der Waals surface area contributed by atoms with Crippen molar-refractivity contribution in [1.29, 1.82) is 0 Å². The van der Waals surface area contributed by atoms with E-state index in [9.17, 15) is 4.39 Å². The van der Waals surface area contributed by atoms with Crippen LogP contribution in [-0.4, -0.2) is 26.2 Å². The Morgan fingerprint density at radius 3 is 3.00 bits per heavy atom. The molecule has 17 heavy (non-hydrogen) atoms. The van der Waals surface area contributed by atoms with Crippen molar-refractivity contribution in [3.05, 3.63) is 29.6 Å². The molecule has 0 spiro atoms. The van der Waals surface area contributed by atoms with Gasteiger partial charge in [0.2, 0.25) is 0 Å². The Morgan fingerprint density at radius 1 is 1.53 bits per heavy atom. The summed E-state index contributed by atoms with van der Waals surface area (Å²) in [7, 11) is 1.48. The van der Waals surface area contributed by atoms with E-state index in [0.29, 0.717) is 24.3 Å². The minimum absolute atomic E-state index is 0.289. The summed E-state index contributed by atoms with van der Waals surface area (Å²) < 4.78 is 18.6. The molecule has 2 unspecified atom stereocenters. The number of nitrogens with one attached hydrogen (secondary N) is 1. The number of nitrogens with two attached hydrogens (primary N) is 1. The average Bonchev–Trinajstić information content (AvgIpc) is 2.78. The second-order valence-electron chi connectivity index (χ2n) is 4.43. The first-order valence-electron chi connectivity index (χ1n) is 6.03. The maximum absolute atomic E-state index is 13.6. The molecular weight excluding hydrogens is 219 g/mol. The average molecular weight is 238 g/mol. The van der Waals surface area contributed by atoms with Crippen LogP contribution in [0.2, 0.25) is 0 Å². The zero-order valence-electron chi connectivity index (χ0n) is 10.1. The molecule has 0 aromatic heterocycles. The first kappa shape index (κ1) is 12.3. The van der Waals surface area contributed by atoms with Crippen LogP contribution < -0.4 is 15.8 Å². The maximum Gasteiger partial charge on any atom is 0.165 e. The van der Waals surface area contributed by atoms with Crippen molar-refractivity contribution in [3.63, 3.8) is 0 Å². The van der Waals surface area contributed by atoms with E-state index in [2.05, 4.69) is 5.32 Å². The third-order valence-electron chi connectivity index (χ3n) is 3.43. The lowest BCUT2D eigenvalue weighted by Crippen LogP contribution is -2.28. The third-order valence-corrected chi connectivity index (χ3v) is 3.43. The van der Waals surface area contributed by atoms with Gasteiger partial charge >= 0.3 is 0 Å². The quantitative estimate of drug-likeness (QED) is 0.838. The zero-order chi connectivity index (χ0) is 12.3. The summed E-state index contributed by atoms with van der Waals surface area (Å²) in [5.74, 6) is 0.373. The van der Waals surface area contributed by atoms with Crippen LogP contribution in [0.5, 0.6) is 5.75 Å². The molecule has 1 saturated heterocycles. The zero-order valence-corrected chi connectivity index (χ0v) is 10.1. The van der Waals surface area contributed by atoms with Gasteiger partial charge in [0, 0.05) is 12.0 Å². The normalized spacial score (nSPS) is 23.9. The summed E-state index contributed by atoms with van der Waals surface area (Å²) in [5.41, 5.74) is 6.62. The predicted molar refractivity (Wildman–Crippen MR) is 65.8 cm³/mol. The Labute approximate surface area is 101 Å². The fourth-order valence-corrected chi connectivity index (χ4v) is 2.56. The lowest BCUT2D eigenvalue weighted by Gasteiger charge is -2.19. The van der Waals surface area contributed by atoms with Gasteiger partial charge in [-0.2, -0.15) is 0 Å². The van der Waals surface area contributed by atoms with Gasteiger partial charge < -0.3 is 15.8 Å². The standard InChI is InChI=1S/C13H19FN2O/c1-17-13-3-2-9(8-11(13)14)10-5-7-16-12(10)4-6-15/h2-3,8,10,12,16H,4-7,15H2,1H3. The van der Waals surface area contributed by atoms with E-state index in [1.54, 1.807) is 12.1 Å². The number of hydrogen-bond acceptors (Lipinski definition) is 3. The van der Waals surface area contributed by atoms with Crippen molar-refractivity contribution in [2.75, 3.05) is 20.2 Å². The molecule has 1 fully saturated rings. The summed E-state index contributed by atoms with van der Waals surface area (Å²) in [4.78, 5) is 0. The number of halogens is 1. The van der Waals surface area contributed by atoms with Gasteiger partial charge in [-0.25, -0.2) is 4.39 Å². The van der Waals surface area contributed by atoms with E-state index in [1.165, 1.54) is 7.11 Å². The van der Waals surface area contributed by atoms with E-state index < -0.39 is 0 Å². The highest BCUT2D eigenvalue weighted by Crippen LogP contribution is 2.31. The summed E-state index contributed by atoms with van der Waals surface area (Å²) in [6.45, 7) is 1.63. The maximum atomic E-state index is 13.6. The Morgan fingerprint density at radius 2 is 2.35 bits per heavy atom. The first-order chi connectivity index (χ1) is 8.26. The lowest BCUT2D eigenvalue weighted by molar-refractivity contribution is 0.385. The van der Waals surface area contributed by atoms with E-state index >= 15 is 0 Å². The fourth-order valence-electron chi connectivity index (χ4n) is 2.56. The number of benzene rings is 1. The van der Waals surface area contributed by atoms with E-state index in [4.69, 9.17) is 10.5 Å². The molecule has 1 aromatic rings. The van der Waals surface area contributed by atoms with Gasteiger partial charge in [0.1, 0.15) is 0 Å². The minimum atomic E-state index is -0.289. The van der Waals surface area contributed by atoms with Crippen LogP contribution in [0.15, 0.2) is 18.2 Å². The van der Waals surface area contributed by atoms with Gasteiger partial charge in [0.25, 0.3) is 0 Å². The Hall–Kier alpha value is -1.13. The van der Waals surface area contributed by atoms with Crippen LogP contribution >= 0.6 is 0 Å². The first-order valence-corrected chi connectivity index (χ1v) is 6.03. The lowest BCUT2D eigenvalue weighted by atomic mass is 9.90. The minimum Gasteiger partial charge on any atom is -0.494 e. The van der Waals surface area contributed by atoms with Crippen molar-refractivity contribution in [1.82, 2.24) is 5.32 Å². The Bertz CT molecular complexity index is 384. The highest BCUT2D eigenvalue weighted by atomic mass is 19.1. The smallest absolute Gasteiger partial charge is 0.165 e. The second kappa shape index (κ2) is 5.47. The highest BCUT2D eigenvalue weighted by Gasteiger charge is 2.27. The number of ether oxygens (including phenoxy) is 1. The van der Waals surface area contributed by atoms with Gasteiger partial charge in [0.05, 0.1) is 7.11 Å². The van der Waals surface area contributed by atoms with Crippen LogP contribution in [0.4, 0.5) is 4.39 Å². The van der Waals surface area contributed by atoms with Crippen molar-refractivity contribution in [2.24, 2.45) is 5.73 Å². The summed E-state index contributed by atoms with van der Waals surface area (Å²) in [6.07, 6.45) is 1.97. The summed E-state index contributed by atoms with van der Waals surface area (Å²) in [5, 5.41) is 3.42. The monoisotopic (exact) mass is 238 g/mol. The van der Waals surface area contributed by atoms with E-state index in [1.807, 2.05) is 6.07 Å². The molecule has 1 aliphatic rings. The van der Waals surface area contributed by atoms with Crippen molar-refractivity contribution in [3.8, 4) is 5.75 Å². The Kier molecular flexibility index (Phi) is 3.97. The van der Waals surface area contributed by atoms with Crippen LogP contribution in [-0.2, 0) is 0 Å². The molecule has 2 atom stereocenters. The van der Waals surface area contributed by atoms with Crippen molar-refractivity contribution < 1.29 is 9.13 Å². The molecule has 0 aliphatic carbocycles. The third kappa shape index (κ3) is 2.58. The van der Waals surface area contributed by atoms with Crippen LogP contribution in [0.3, 0.4) is 0 Å². The molecule has 0 saturated carbocycles. The molecule has 0 bridgehead atoms. The van der Waals surface area contributed by atoms with E-state index in [-0.39, 0.29) is 5.82 Å². The molecule has 3 nitrogen and oxygen atoms in total. The van der Waals surface area contributed by atoms with Gasteiger partial charge in [-0.3, -0.25) is 0 Å². The van der Waals surface area contributed by atoms with Gasteiger partial charge in [0.15, 0.2) is 11.6 Å². The molecule has 2 rings (SSSR count). The highest BCUT2D eigenvalue weighted by molar-refractivity contribution is 5.32. The molecule has 94 valence electrons. The van der Waals surface area contributed by atoms with Gasteiger partial charge in [-0.05, 0) is 43.6 Å². The molecule has 1 aromatic carbocycles. The van der Waals surface area contributed by atoms with Crippen molar-refractivity contribution >= 4 is 0 Å².